The van der Waals surface area contributed by atoms with Crippen LogP contribution in [0.3, 0.4) is 0 Å². The number of anilines is 1. The van der Waals surface area contributed by atoms with Crippen molar-refractivity contribution in [1.29, 1.82) is 0 Å². The Morgan fingerprint density at radius 1 is 1.05 bits per heavy atom. The van der Waals surface area contributed by atoms with Crippen molar-refractivity contribution >= 4 is 35.7 Å². The molecular weight excluding hydrogens is 572 g/mol. The van der Waals surface area contributed by atoms with Gasteiger partial charge in [-0.2, -0.15) is 5.10 Å². The largest absolute Gasteiger partial charge is 0.466 e. The first-order valence-electron chi connectivity index (χ1n) is 14.9. The van der Waals surface area contributed by atoms with E-state index in [0.29, 0.717) is 22.4 Å². The van der Waals surface area contributed by atoms with E-state index < -0.39 is 53.4 Å². The summed E-state index contributed by atoms with van der Waals surface area (Å²) in [6, 6.07) is 0.717. The van der Waals surface area contributed by atoms with Crippen molar-refractivity contribution in [3.63, 3.8) is 0 Å². The van der Waals surface area contributed by atoms with Crippen LogP contribution < -0.4 is 15.9 Å². The number of esters is 2. The molecule has 2 aromatic heterocycles. The maximum absolute atomic E-state index is 13.7. The van der Waals surface area contributed by atoms with Crippen LogP contribution in [0.4, 0.5) is 10.6 Å². The molecule has 0 bridgehead atoms. The van der Waals surface area contributed by atoms with Gasteiger partial charge in [0.25, 0.3) is 5.91 Å². The number of pyridine rings is 1. The minimum atomic E-state index is -1.29. The standard InChI is InChI=1S/C30H44N6O8/c1-10-42-23(37)15-13-21(28(40)43-11-2)32-27(39)25(17(3)4)34-26(38)24-18(5)35-36(19(24)6)20-12-14-22(31-16-20)33-29(41)44-30(7,8)9/h12,14,16-17,21,25H,10-11,13,15H2,1-9H3,(H,32,39)(H,34,38)(H,31,33,41)/t21-,25-/m0/s1/i/hD. The number of hydrogen-bond acceptors (Lipinski definition) is 10. The average molecular weight is 618 g/mol. The molecule has 3 N–H and O–H groups in total. The highest BCUT2D eigenvalue weighted by atomic mass is 16.6. The second kappa shape index (κ2) is 15.8. The van der Waals surface area contributed by atoms with Crippen LogP contribution in [-0.4, -0.2) is 75.5 Å². The van der Waals surface area contributed by atoms with E-state index in [9.17, 15) is 24.0 Å². The molecule has 0 aliphatic carbocycles. The lowest BCUT2D eigenvalue weighted by Crippen LogP contribution is -2.54. The molecule has 14 nitrogen and oxygen atoms in total. The number of aryl methyl sites for hydroxylation is 1. The van der Waals surface area contributed by atoms with Crippen LogP contribution in [0.5, 0.6) is 0 Å². The minimum Gasteiger partial charge on any atom is -0.466 e. The predicted octanol–water partition coefficient (Wildman–Crippen LogP) is 3.38. The van der Waals surface area contributed by atoms with E-state index in [0.717, 1.165) is 0 Å². The Labute approximate surface area is 259 Å². The molecule has 0 radical (unpaired) electrons. The molecule has 2 aromatic rings. The van der Waals surface area contributed by atoms with Gasteiger partial charge in [-0.05, 0) is 72.9 Å². The quantitative estimate of drug-likeness (QED) is 0.223. The minimum absolute atomic E-state index is 0.0579. The SMILES string of the molecule is [2H]N(C(=O)c1c(C)nn(-c2ccc(NC(=O)OC(C)(C)C)nc2)c1C)[C@H](C(=O)N[C@@H](CCC(=O)OCC)C(=O)OCC)C(C)C. The third-order valence-corrected chi connectivity index (χ3v) is 6.11. The molecule has 0 fully saturated rings. The number of nitrogens with one attached hydrogen (secondary N) is 3. The lowest BCUT2D eigenvalue weighted by atomic mass is 10.0. The summed E-state index contributed by atoms with van der Waals surface area (Å²) in [6.07, 6.45) is 0.576. The van der Waals surface area contributed by atoms with E-state index in [1.807, 2.05) is 0 Å². The van der Waals surface area contributed by atoms with Crippen molar-refractivity contribution in [3.8, 4) is 5.69 Å². The van der Waals surface area contributed by atoms with Crippen molar-refractivity contribution in [2.45, 2.75) is 92.8 Å². The molecule has 0 aromatic carbocycles. The summed E-state index contributed by atoms with van der Waals surface area (Å²) in [6.45, 7) is 15.3. The normalized spacial score (nSPS) is 12.9. The Balaban J connectivity index is 2.28. The third-order valence-electron chi connectivity index (χ3n) is 6.11. The second-order valence-corrected chi connectivity index (χ2v) is 11.3. The molecule has 0 unspecified atom stereocenters. The van der Waals surface area contributed by atoms with Crippen LogP contribution in [0.25, 0.3) is 5.69 Å². The van der Waals surface area contributed by atoms with Crippen LogP contribution in [-0.2, 0) is 28.6 Å². The van der Waals surface area contributed by atoms with E-state index in [-0.39, 0.29) is 37.4 Å². The van der Waals surface area contributed by atoms with Crippen LogP contribution in [0.1, 0.15) is 83.1 Å². The van der Waals surface area contributed by atoms with Crippen LogP contribution >= 0.6 is 0 Å². The maximum Gasteiger partial charge on any atom is 0.413 e. The summed E-state index contributed by atoms with van der Waals surface area (Å²) < 4.78 is 25.4. The zero-order chi connectivity index (χ0) is 34.1. The van der Waals surface area contributed by atoms with E-state index in [4.69, 9.17) is 15.6 Å². The number of hydrogen-bond donors (Lipinski definition) is 3. The lowest BCUT2D eigenvalue weighted by molar-refractivity contribution is -0.149. The molecule has 242 valence electrons. The number of aromatic nitrogens is 3. The second-order valence-electron chi connectivity index (χ2n) is 11.3. The van der Waals surface area contributed by atoms with Crippen LogP contribution in [0.15, 0.2) is 18.3 Å². The van der Waals surface area contributed by atoms with Crippen LogP contribution in [0, 0.1) is 19.8 Å². The van der Waals surface area contributed by atoms with Crippen molar-refractivity contribution in [3.05, 3.63) is 35.3 Å². The van der Waals surface area contributed by atoms with Gasteiger partial charge < -0.3 is 24.8 Å². The molecule has 0 saturated carbocycles. The van der Waals surface area contributed by atoms with Gasteiger partial charge in [-0.25, -0.2) is 19.3 Å². The smallest absolute Gasteiger partial charge is 0.413 e. The van der Waals surface area contributed by atoms with Crippen molar-refractivity contribution in [2.75, 3.05) is 18.5 Å². The fourth-order valence-corrected chi connectivity index (χ4v) is 4.14. The first kappa shape index (κ1) is 34.0. The van der Waals surface area contributed by atoms with Crippen molar-refractivity contribution in [2.24, 2.45) is 5.92 Å². The Hall–Kier alpha value is -4.49. The molecule has 3 amide bonds. The van der Waals surface area contributed by atoms with Gasteiger partial charge >= 0.3 is 18.0 Å². The summed E-state index contributed by atoms with van der Waals surface area (Å²) in [5.74, 6) is -3.09. The third kappa shape index (κ3) is 10.3. The Morgan fingerprint density at radius 3 is 2.25 bits per heavy atom. The number of rotatable bonds is 13. The topological polar surface area (TPSA) is 180 Å². The van der Waals surface area contributed by atoms with Gasteiger partial charge in [0.15, 0.2) is 1.41 Å². The highest BCUT2D eigenvalue weighted by Crippen LogP contribution is 2.20. The summed E-state index contributed by atoms with van der Waals surface area (Å²) >= 11 is 0. The zero-order valence-corrected chi connectivity index (χ0v) is 26.8. The van der Waals surface area contributed by atoms with E-state index in [1.165, 1.54) is 10.9 Å². The summed E-state index contributed by atoms with van der Waals surface area (Å²) in [7, 11) is 0. The molecule has 14 heteroatoms. The first-order valence-corrected chi connectivity index (χ1v) is 14.5. The van der Waals surface area contributed by atoms with Gasteiger partial charge in [0.05, 0.1) is 42.0 Å². The molecule has 0 spiro atoms. The molecule has 2 heterocycles. The number of carbonyl (C=O) groups is 5. The van der Waals surface area contributed by atoms with Crippen molar-refractivity contribution < 1.29 is 39.6 Å². The molecule has 0 saturated heterocycles. The fourth-order valence-electron chi connectivity index (χ4n) is 4.14. The number of amides is 3. The molecule has 2 atom stereocenters. The predicted molar refractivity (Wildman–Crippen MR) is 161 cm³/mol. The van der Waals surface area contributed by atoms with Gasteiger partial charge in [-0.15, -0.1) is 0 Å². The monoisotopic (exact) mass is 617 g/mol. The summed E-state index contributed by atoms with van der Waals surface area (Å²) in [5, 5.41) is 10.1. The zero-order valence-electron chi connectivity index (χ0n) is 27.8. The molecule has 44 heavy (non-hydrogen) atoms. The van der Waals surface area contributed by atoms with Gasteiger partial charge in [-0.3, -0.25) is 19.7 Å². The highest BCUT2D eigenvalue weighted by molar-refractivity contribution is 6.00. The van der Waals surface area contributed by atoms with Gasteiger partial charge in [0.2, 0.25) is 5.91 Å². The Morgan fingerprint density at radius 2 is 1.70 bits per heavy atom. The van der Waals surface area contributed by atoms with E-state index in [2.05, 4.69) is 20.7 Å². The van der Waals surface area contributed by atoms with Gasteiger partial charge in [0.1, 0.15) is 23.5 Å². The Bertz CT molecular complexity index is 1370. The van der Waals surface area contributed by atoms with Gasteiger partial charge in [0, 0.05) is 6.42 Å². The molecule has 0 aliphatic rings. The number of ether oxygens (including phenoxy) is 3. The molecule has 0 aliphatic heterocycles. The van der Waals surface area contributed by atoms with Crippen molar-refractivity contribution in [1.82, 2.24) is 25.4 Å². The fraction of sp³-hybridized carbons (Fsp3) is 0.567. The lowest BCUT2D eigenvalue weighted by Gasteiger charge is -2.25. The van der Waals surface area contributed by atoms with E-state index >= 15 is 0 Å². The molecular formula is C30H44N6O8. The number of carbonyl (C=O) groups excluding carboxylic acids is 5. The average Bonchev–Trinajstić information content (AvgIpc) is 3.23. The first-order chi connectivity index (χ1) is 21.0. The maximum atomic E-state index is 13.7. The summed E-state index contributed by atoms with van der Waals surface area (Å²) in [5.41, 5.74) is 0.630. The molecule has 2 rings (SSSR count). The highest BCUT2D eigenvalue weighted by Gasteiger charge is 2.31. The van der Waals surface area contributed by atoms with E-state index in [1.54, 1.807) is 74.4 Å². The summed E-state index contributed by atoms with van der Waals surface area (Å²) in [4.78, 5) is 67.8. The Kier molecular flexibility index (Phi) is 12.2. The van der Waals surface area contributed by atoms with Gasteiger partial charge in [-0.1, -0.05) is 13.8 Å². The van der Waals surface area contributed by atoms with Crippen LogP contribution in [0.2, 0.25) is 1.41 Å². The number of nitrogens with zero attached hydrogens (tertiary/aromatic N) is 3.